The fourth-order valence-corrected chi connectivity index (χ4v) is 3.45. The van der Waals surface area contributed by atoms with E-state index in [1.54, 1.807) is 7.11 Å². The Balaban J connectivity index is 2.13. The van der Waals surface area contributed by atoms with Crippen LogP contribution in [-0.2, 0) is 10.2 Å². The number of aliphatic hydroxyl groups excluding tert-OH is 1. The van der Waals surface area contributed by atoms with Gasteiger partial charge in [-0.1, -0.05) is 43.2 Å². The van der Waals surface area contributed by atoms with Crippen LogP contribution in [0.15, 0.2) is 30.3 Å². The summed E-state index contributed by atoms with van der Waals surface area (Å²) in [4.78, 5) is 0. The lowest BCUT2D eigenvalue weighted by atomic mass is 9.72. The lowest BCUT2D eigenvalue weighted by Crippen LogP contribution is -2.38. The average Bonchev–Trinajstić information content (AvgIpc) is 2.97. The highest BCUT2D eigenvalue weighted by Crippen LogP contribution is 2.45. The molecule has 1 atom stereocenters. The summed E-state index contributed by atoms with van der Waals surface area (Å²) < 4.78 is 5.48. The molecule has 112 valence electrons. The van der Waals surface area contributed by atoms with Crippen molar-refractivity contribution in [1.82, 2.24) is 0 Å². The van der Waals surface area contributed by atoms with Gasteiger partial charge in [0.15, 0.2) is 0 Å². The van der Waals surface area contributed by atoms with E-state index in [0.29, 0.717) is 0 Å². The Kier molecular flexibility index (Phi) is 4.87. The molecule has 1 unspecified atom stereocenters. The van der Waals surface area contributed by atoms with Crippen LogP contribution in [0.2, 0.25) is 0 Å². The average molecular weight is 276 g/mol. The van der Waals surface area contributed by atoms with Gasteiger partial charge < -0.3 is 9.84 Å². The largest absolute Gasteiger partial charge is 0.392 e. The Hall–Kier alpha value is -0.860. The summed E-state index contributed by atoms with van der Waals surface area (Å²) in [5, 5.41) is 10.9. The molecule has 2 rings (SSSR count). The SMILES string of the molecule is COC(C)(C)CCC(O)C1(c2ccccc2)CCCC1. The number of methoxy groups -OCH3 is 1. The van der Waals surface area contributed by atoms with E-state index >= 15 is 0 Å². The van der Waals surface area contributed by atoms with Crippen molar-refractivity contribution in [2.45, 2.75) is 69.5 Å². The molecule has 1 fully saturated rings. The number of rotatable bonds is 6. The van der Waals surface area contributed by atoms with Gasteiger partial charge in [0.2, 0.25) is 0 Å². The molecule has 0 radical (unpaired) electrons. The molecule has 2 heteroatoms. The van der Waals surface area contributed by atoms with E-state index in [-0.39, 0.29) is 17.1 Å². The Morgan fingerprint density at radius 1 is 1.20 bits per heavy atom. The maximum Gasteiger partial charge on any atom is 0.0637 e. The Labute approximate surface area is 123 Å². The minimum absolute atomic E-state index is 0.0366. The number of hydrogen-bond donors (Lipinski definition) is 1. The molecule has 0 spiro atoms. The van der Waals surface area contributed by atoms with E-state index in [1.165, 1.54) is 18.4 Å². The molecule has 1 aliphatic rings. The molecule has 2 nitrogen and oxygen atoms in total. The first-order valence-corrected chi connectivity index (χ1v) is 7.79. The highest BCUT2D eigenvalue weighted by Gasteiger charge is 2.42. The van der Waals surface area contributed by atoms with E-state index in [9.17, 15) is 5.11 Å². The second-order valence-corrected chi connectivity index (χ2v) is 6.75. The van der Waals surface area contributed by atoms with Crippen molar-refractivity contribution < 1.29 is 9.84 Å². The summed E-state index contributed by atoms with van der Waals surface area (Å²) in [6, 6.07) is 10.6. The van der Waals surface area contributed by atoms with Gasteiger partial charge in [-0.25, -0.2) is 0 Å². The van der Waals surface area contributed by atoms with E-state index < -0.39 is 0 Å². The van der Waals surface area contributed by atoms with Crippen molar-refractivity contribution in [1.29, 1.82) is 0 Å². The molecule has 0 amide bonds. The second kappa shape index (κ2) is 6.28. The molecular weight excluding hydrogens is 248 g/mol. The Morgan fingerprint density at radius 2 is 1.80 bits per heavy atom. The van der Waals surface area contributed by atoms with E-state index in [2.05, 4.69) is 38.1 Å². The van der Waals surface area contributed by atoms with Gasteiger partial charge in [-0.2, -0.15) is 0 Å². The first kappa shape index (κ1) is 15.5. The zero-order valence-electron chi connectivity index (χ0n) is 13.1. The third-order valence-corrected chi connectivity index (χ3v) is 5.05. The molecule has 0 aromatic heterocycles. The molecular formula is C18H28O2. The summed E-state index contributed by atoms with van der Waals surface area (Å²) in [7, 11) is 1.74. The first-order chi connectivity index (χ1) is 9.50. The minimum Gasteiger partial charge on any atom is -0.392 e. The summed E-state index contributed by atoms with van der Waals surface area (Å²) in [6.45, 7) is 4.17. The van der Waals surface area contributed by atoms with E-state index in [0.717, 1.165) is 25.7 Å². The minimum atomic E-state index is -0.276. The number of hydrogen-bond acceptors (Lipinski definition) is 2. The molecule has 1 saturated carbocycles. The van der Waals surface area contributed by atoms with Crippen LogP contribution < -0.4 is 0 Å². The fourth-order valence-electron chi connectivity index (χ4n) is 3.45. The molecule has 0 heterocycles. The smallest absolute Gasteiger partial charge is 0.0637 e. The predicted octanol–water partition coefficient (Wildman–Crippen LogP) is 4.06. The van der Waals surface area contributed by atoms with Crippen molar-refractivity contribution in [3.05, 3.63) is 35.9 Å². The van der Waals surface area contributed by atoms with Crippen LogP contribution >= 0.6 is 0 Å². The number of benzene rings is 1. The van der Waals surface area contributed by atoms with Crippen LogP contribution in [0, 0.1) is 0 Å². The highest BCUT2D eigenvalue weighted by molar-refractivity contribution is 5.28. The quantitative estimate of drug-likeness (QED) is 0.849. The van der Waals surface area contributed by atoms with Gasteiger partial charge in [0.25, 0.3) is 0 Å². The lowest BCUT2D eigenvalue weighted by Gasteiger charge is -2.36. The molecule has 1 N–H and O–H groups in total. The van der Waals surface area contributed by atoms with Gasteiger partial charge >= 0.3 is 0 Å². The number of ether oxygens (including phenoxy) is 1. The van der Waals surface area contributed by atoms with Crippen LogP contribution in [0.4, 0.5) is 0 Å². The van der Waals surface area contributed by atoms with Crippen molar-refractivity contribution in [2.75, 3.05) is 7.11 Å². The van der Waals surface area contributed by atoms with Gasteiger partial charge in [-0.15, -0.1) is 0 Å². The highest BCUT2D eigenvalue weighted by atomic mass is 16.5. The van der Waals surface area contributed by atoms with Crippen molar-refractivity contribution in [3.63, 3.8) is 0 Å². The maximum atomic E-state index is 10.9. The van der Waals surface area contributed by atoms with Crippen molar-refractivity contribution in [2.24, 2.45) is 0 Å². The van der Waals surface area contributed by atoms with Crippen LogP contribution in [0.5, 0.6) is 0 Å². The van der Waals surface area contributed by atoms with Gasteiger partial charge in [0, 0.05) is 12.5 Å². The third kappa shape index (κ3) is 3.24. The van der Waals surface area contributed by atoms with Crippen LogP contribution in [-0.4, -0.2) is 23.9 Å². The third-order valence-electron chi connectivity index (χ3n) is 5.05. The van der Waals surface area contributed by atoms with E-state index in [1.807, 2.05) is 6.07 Å². The van der Waals surface area contributed by atoms with E-state index in [4.69, 9.17) is 4.74 Å². The van der Waals surface area contributed by atoms with Crippen molar-refractivity contribution in [3.8, 4) is 0 Å². The van der Waals surface area contributed by atoms with Gasteiger partial charge in [-0.3, -0.25) is 0 Å². The van der Waals surface area contributed by atoms with Crippen LogP contribution in [0.1, 0.15) is 57.9 Å². The summed E-state index contributed by atoms with van der Waals surface area (Å²) >= 11 is 0. The maximum absolute atomic E-state index is 10.9. The zero-order valence-corrected chi connectivity index (χ0v) is 13.1. The molecule has 20 heavy (non-hydrogen) atoms. The monoisotopic (exact) mass is 276 g/mol. The summed E-state index contributed by atoms with van der Waals surface area (Å²) in [6.07, 6.45) is 6.06. The molecule has 0 saturated heterocycles. The number of aliphatic hydroxyl groups is 1. The van der Waals surface area contributed by atoms with Gasteiger partial charge in [0.05, 0.1) is 11.7 Å². The summed E-state index contributed by atoms with van der Waals surface area (Å²) in [5.41, 5.74) is 1.11. The molecule has 0 aliphatic heterocycles. The van der Waals surface area contributed by atoms with Crippen LogP contribution in [0.3, 0.4) is 0 Å². The topological polar surface area (TPSA) is 29.5 Å². The van der Waals surface area contributed by atoms with Gasteiger partial charge in [-0.05, 0) is 45.1 Å². The molecule has 0 bridgehead atoms. The predicted molar refractivity (Wildman–Crippen MR) is 82.9 cm³/mol. The molecule has 1 aromatic carbocycles. The Bertz CT molecular complexity index is 405. The Morgan fingerprint density at radius 3 is 2.35 bits per heavy atom. The molecule has 1 aliphatic carbocycles. The summed E-state index contributed by atoms with van der Waals surface area (Å²) in [5.74, 6) is 0. The van der Waals surface area contributed by atoms with Crippen LogP contribution in [0.25, 0.3) is 0 Å². The van der Waals surface area contributed by atoms with Gasteiger partial charge in [0.1, 0.15) is 0 Å². The standard InChI is InChI=1S/C18H28O2/c1-17(2,20-3)14-11-16(19)18(12-7-8-13-18)15-9-5-4-6-10-15/h4-6,9-10,16,19H,7-8,11-14H2,1-3H3. The van der Waals surface area contributed by atoms with Crippen molar-refractivity contribution >= 4 is 0 Å². The lowest BCUT2D eigenvalue weighted by molar-refractivity contribution is -0.00842. The second-order valence-electron chi connectivity index (χ2n) is 6.75. The fraction of sp³-hybridized carbons (Fsp3) is 0.667. The first-order valence-electron chi connectivity index (χ1n) is 7.79. The zero-order chi connectivity index (χ0) is 14.6. The normalized spacial score (nSPS) is 20.0. The molecule has 1 aromatic rings.